The molecule has 0 radical (unpaired) electrons. The van der Waals surface area contributed by atoms with Gasteiger partial charge >= 0.3 is 11.9 Å². The van der Waals surface area contributed by atoms with E-state index >= 15 is 0 Å². The largest absolute Gasteiger partial charge is 0.479 e. The molecule has 0 aromatic heterocycles. The fourth-order valence-electron chi connectivity index (χ4n) is 1.75. The van der Waals surface area contributed by atoms with E-state index < -0.39 is 24.2 Å². The quantitative estimate of drug-likeness (QED) is 0.480. The zero-order valence-corrected chi connectivity index (χ0v) is 14.4. The van der Waals surface area contributed by atoms with Gasteiger partial charge < -0.3 is 14.2 Å². The molecule has 0 heterocycles. The summed E-state index contributed by atoms with van der Waals surface area (Å²) in [6.45, 7) is 5.45. The summed E-state index contributed by atoms with van der Waals surface area (Å²) in [7, 11) is 0. The van der Waals surface area contributed by atoms with Crippen LogP contribution in [0.1, 0.15) is 50.4 Å². The first-order valence-electron chi connectivity index (χ1n) is 8.18. The van der Waals surface area contributed by atoms with Crippen LogP contribution in [0, 0.1) is 0 Å². The number of rotatable bonds is 10. The van der Waals surface area contributed by atoms with Crippen molar-refractivity contribution in [3.8, 4) is 5.75 Å². The molecule has 5 nitrogen and oxygen atoms in total. The SMILES string of the molecule is CCCCOC(=O)[C@@H](C)Oc1ccc(C(=O)OCCC(C)F)cc1. The van der Waals surface area contributed by atoms with Gasteiger partial charge in [0.05, 0.1) is 18.8 Å². The Morgan fingerprint density at radius 3 is 2.33 bits per heavy atom. The second kappa shape index (κ2) is 10.6. The molecule has 6 heteroatoms. The molecule has 0 spiro atoms. The van der Waals surface area contributed by atoms with Crippen LogP contribution < -0.4 is 4.74 Å². The first-order chi connectivity index (χ1) is 11.4. The van der Waals surface area contributed by atoms with E-state index in [1.165, 1.54) is 19.1 Å². The lowest BCUT2D eigenvalue weighted by Crippen LogP contribution is -2.26. The minimum atomic E-state index is -1.01. The number of esters is 2. The molecule has 0 aliphatic carbocycles. The summed E-state index contributed by atoms with van der Waals surface area (Å²) in [6, 6.07) is 6.21. The zero-order valence-electron chi connectivity index (χ0n) is 14.4. The second-order valence-corrected chi connectivity index (χ2v) is 5.51. The predicted molar refractivity (Wildman–Crippen MR) is 87.9 cm³/mol. The molecule has 0 saturated carbocycles. The lowest BCUT2D eigenvalue weighted by molar-refractivity contribution is -0.151. The van der Waals surface area contributed by atoms with Gasteiger partial charge in [-0.3, -0.25) is 0 Å². The van der Waals surface area contributed by atoms with Crippen molar-refractivity contribution in [2.45, 2.75) is 52.3 Å². The van der Waals surface area contributed by atoms with E-state index in [0.717, 1.165) is 12.8 Å². The summed E-state index contributed by atoms with van der Waals surface area (Å²) in [4.78, 5) is 23.5. The third-order valence-corrected chi connectivity index (χ3v) is 3.23. The highest BCUT2D eigenvalue weighted by atomic mass is 19.1. The Labute approximate surface area is 142 Å². The van der Waals surface area contributed by atoms with Gasteiger partial charge in [0.15, 0.2) is 6.10 Å². The molecule has 2 atom stereocenters. The van der Waals surface area contributed by atoms with Crippen LogP contribution in [0.2, 0.25) is 0 Å². The summed E-state index contributed by atoms with van der Waals surface area (Å²) in [6.07, 6.45) is 0.198. The highest BCUT2D eigenvalue weighted by Gasteiger charge is 2.16. The van der Waals surface area contributed by atoms with Gasteiger partial charge in [0.1, 0.15) is 11.9 Å². The fourth-order valence-corrected chi connectivity index (χ4v) is 1.75. The maximum Gasteiger partial charge on any atom is 0.347 e. The molecule has 1 aromatic rings. The maximum absolute atomic E-state index is 12.6. The highest BCUT2D eigenvalue weighted by Crippen LogP contribution is 2.15. The topological polar surface area (TPSA) is 61.8 Å². The Bertz CT molecular complexity index is 513. The van der Waals surface area contributed by atoms with Crippen LogP contribution in [0.3, 0.4) is 0 Å². The van der Waals surface area contributed by atoms with E-state index in [0.29, 0.717) is 17.9 Å². The van der Waals surface area contributed by atoms with Gasteiger partial charge in [0, 0.05) is 6.42 Å². The van der Waals surface area contributed by atoms with Gasteiger partial charge in [-0.2, -0.15) is 0 Å². The summed E-state index contributed by atoms with van der Waals surface area (Å²) < 4.78 is 28.2. The van der Waals surface area contributed by atoms with Gasteiger partial charge in [-0.05, 0) is 44.5 Å². The number of ether oxygens (including phenoxy) is 3. The summed E-state index contributed by atoms with van der Waals surface area (Å²) in [5.74, 6) is -0.495. The average Bonchev–Trinajstić information content (AvgIpc) is 2.55. The zero-order chi connectivity index (χ0) is 17.9. The number of unbranched alkanes of at least 4 members (excludes halogenated alkanes) is 1. The Hall–Kier alpha value is -2.11. The standard InChI is InChI=1S/C18H25FO5/c1-4-5-11-22-17(20)14(3)24-16-8-6-15(7-9-16)18(21)23-12-10-13(2)19/h6-9,13-14H,4-5,10-12H2,1-3H3/t13?,14-/m1/s1. The van der Waals surface area contributed by atoms with E-state index in [2.05, 4.69) is 0 Å². The molecular formula is C18H25FO5. The molecule has 0 amide bonds. The smallest absolute Gasteiger partial charge is 0.347 e. The lowest BCUT2D eigenvalue weighted by Gasteiger charge is -2.14. The third kappa shape index (κ3) is 7.44. The Morgan fingerprint density at radius 2 is 1.75 bits per heavy atom. The van der Waals surface area contributed by atoms with Crippen molar-refractivity contribution in [3.63, 3.8) is 0 Å². The number of hydrogen-bond acceptors (Lipinski definition) is 5. The van der Waals surface area contributed by atoms with E-state index in [4.69, 9.17) is 14.2 Å². The van der Waals surface area contributed by atoms with Crippen LogP contribution in [-0.2, 0) is 14.3 Å². The van der Waals surface area contributed by atoms with Crippen molar-refractivity contribution in [3.05, 3.63) is 29.8 Å². The molecule has 1 unspecified atom stereocenters. The highest BCUT2D eigenvalue weighted by molar-refractivity contribution is 5.89. The molecule has 1 aromatic carbocycles. The molecule has 1 rings (SSSR count). The normalized spacial score (nSPS) is 13.0. The van der Waals surface area contributed by atoms with Crippen molar-refractivity contribution in [2.24, 2.45) is 0 Å². The summed E-state index contributed by atoms with van der Waals surface area (Å²) >= 11 is 0. The molecule has 0 fully saturated rings. The first kappa shape index (κ1) is 19.9. The monoisotopic (exact) mass is 340 g/mol. The molecule has 0 N–H and O–H groups in total. The van der Waals surface area contributed by atoms with Crippen molar-refractivity contribution < 1.29 is 28.2 Å². The minimum absolute atomic E-state index is 0.0371. The van der Waals surface area contributed by atoms with Gasteiger partial charge in [0.25, 0.3) is 0 Å². The van der Waals surface area contributed by atoms with Crippen LogP contribution in [0.5, 0.6) is 5.75 Å². The van der Waals surface area contributed by atoms with Crippen LogP contribution in [0.25, 0.3) is 0 Å². The molecule has 0 aliphatic rings. The van der Waals surface area contributed by atoms with Gasteiger partial charge in [-0.25, -0.2) is 14.0 Å². The van der Waals surface area contributed by atoms with Gasteiger partial charge in [-0.15, -0.1) is 0 Å². The molecule has 0 saturated heterocycles. The van der Waals surface area contributed by atoms with Crippen LogP contribution in [-0.4, -0.2) is 37.4 Å². The predicted octanol–water partition coefficient (Wildman–Crippen LogP) is 3.70. The van der Waals surface area contributed by atoms with Crippen molar-refractivity contribution in [1.82, 2.24) is 0 Å². The molecule has 134 valence electrons. The number of carbonyl (C=O) groups excluding carboxylic acids is 2. The van der Waals surface area contributed by atoms with Gasteiger partial charge in [0.2, 0.25) is 0 Å². The van der Waals surface area contributed by atoms with E-state index in [-0.39, 0.29) is 13.0 Å². The van der Waals surface area contributed by atoms with Crippen LogP contribution in [0.4, 0.5) is 4.39 Å². The van der Waals surface area contributed by atoms with Crippen molar-refractivity contribution in [1.29, 1.82) is 0 Å². The fraction of sp³-hybridized carbons (Fsp3) is 0.556. The van der Waals surface area contributed by atoms with Crippen LogP contribution in [0.15, 0.2) is 24.3 Å². The number of carbonyl (C=O) groups is 2. The van der Waals surface area contributed by atoms with E-state index in [1.54, 1.807) is 19.1 Å². The summed E-state index contributed by atoms with van der Waals surface area (Å²) in [5.41, 5.74) is 0.340. The average molecular weight is 340 g/mol. The minimum Gasteiger partial charge on any atom is -0.479 e. The Morgan fingerprint density at radius 1 is 1.08 bits per heavy atom. The Kier molecular flexibility index (Phi) is 8.83. The Balaban J connectivity index is 2.46. The number of alkyl halides is 1. The molecule has 0 aliphatic heterocycles. The van der Waals surface area contributed by atoms with Crippen molar-refractivity contribution in [2.75, 3.05) is 13.2 Å². The number of benzene rings is 1. The first-order valence-corrected chi connectivity index (χ1v) is 8.18. The number of hydrogen-bond donors (Lipinski definition) is 0. The molecular weight excluding hydrogens is 315 g/mol. The lowest BCUT2D eigenvalue weighted by atomic mass is 10.2. The van der Waals surface area contributed by atoms with E-state index in [9.17, 15) is 14.0 Å². The summed E-state index contributed by atoms with van der Waals surface area (Å²) in [5, 5.41) is 0. The van der Waals surface area contributed by atoms with Crippen molar-refractivity contribution >= 4 is 11.9 Å². The number of halogens is 1. The van der Waals surface area contributed by atoms with Crippen LogP contribution >= 0.6 is 0 Å². The third-order valence-electron chi connectivity index (χ3n) is 3.23. The molecule has 0 bridgehead atoms. The molecule has 24 heavy (non-hydrogen) atoms. The van der Waals surface area contributed by atoms with Gasteiger partial charge in [-0.1, -0.05) is 13.3 Å². The second-order valence-electron chi connectivity index (χ2n) is 5.51. The maximum atomic E-state index is 12.6. The van der Waals surface area contributed by atoms with E-state index in [1.807, 2.05) is 6.92 Å².